The monoisotopic (exact) mass is 371 g/mol. The predicted octanol–water partition coefficient (Wildman–Crippen LogP) is 4.06. The van der Waals surface area contributed by atoms with Crippen LogP contribution in [0.25, 0.3) is 0 Å². The van der Waals surface area contributed by atoms with E-state index < -0.39 is 15.3 Å². The first-order valence-corrected chi connectivity index (χ1v) is 10.6. The van der Waals surface area contributed by atoms with Crippen molar-refractivity contribution in [3.05, 3.63) is 59.7 Å². The van der Waals surface area contributed by atoms with Gasteiger partial charge in [0.25, 0.3) is 0 Å². The lowest BCUT2D eigenvalue weighted by molar-refractivity contribution is -0.118. The van der Waals surface area contributed by atoms with Crippen LogP contribution in [0.5, 0.6) is 0 Å². The molecule has 0 unspecified atom stereocenters. The van der Waals surface area contributed by atoms with Crippen LogP contribution < -0.4 is 5.32 Å². The molecule has 2 aromatic rings. The molecule has 0 bridgehead atoms. The third kappa shape index (κ3) is 3.68. The molecule has 2 aromatic carbocycles. The first-order valence-electron chi connectivity index (χ1n) is 8.75. The van der Waals surface area contributed by atoms with Crippen LogP contribution in [-0.4, -0.2) is 20.6 Å². The average molecular weight is 372 g/mol. The highest BCUT2D eigenvalue weighted by atomic mass is 32.2. The average Bonchev–Trinajstić information content (AvgIpc) is 3.36. The number of amides is 1. The molecule has 4 nitrogen and oxygen atoms in total. The molecule has 26 heavy (non-hydrogen) atoms. The fraction of sp³-hybridized carbons (Fsp3) is 0.381. The predicted molar refractivity (Wildman–Crippen MR) is 104 cm³/mol. The molecule has 1 N–H and O–H groups in total. The summed E-state index contributed by atoms with van der Waals surface area (Å²) in [6, 6.07) is 14.6. The van der Waals surface area contributed by atoms with E-state index in [9.17, 15) is 13.2 Å². The van der Waals surface area contributed by atoms with Gasteiger partial charge in [0.05, 0.1) is 10.3 Å². The Kier molecular flexibility index (Phi) is 4.47. The number of anilines is 1. The molecule has 0 spiro atoms. The van der Waals surface area contributed by atoms with Gasteiger partial charge in [0.2, 0.25) is 5.91 Å². The van der Waals surface area contributed by atoms with Gasteiger partial charge < -0.3 is 5.32 Å². The first-order chi connectivity index (χ1) is 12.0. The highest BCUT2D eigenvalue weighted by Gasteiger charge is 2.51. The maximum Gasteiger partial charge on any atom is 0.235 e. The van der Waals surface area contributed by atoms with Crippen molar-refractivity contribution < 1.29 is 13.2 Å². The number of nitrogens with one attached hydrogen (secondary N) is 1. The quantitative estimate of drug-likeness (QED) is 0.881. The number of hydrogen-bond donors (Lipinski definition) is 1. The third-order valence-corrected chi connectivity index (χ3v) is 6.16. The Labute approximate surface area is 155 Å². The zero-order valence-electron chi connectivity index (χ0n) is 15.7. The summed E-state index contributed by atoms with van der Waals surface area (Å²) >= 11 is 0. The molecule has 0 heterocycles. The summed E-state index contributed by atoms with van der Waals surface area (Å²) in [7, 11) is -3.24. The zero-order valence-corrected chi connectivity index (χ0v) is 16.5. The Morgan fingerprint density at radius 3 is 1.92 bits per heavy atom. The number of carbonyl (C=O) groups is 1. The SMILES string of the molecule is CC(C)(C)c1ccc(C2(C(=O)Nc3ccc(S(C)(=O)=O)cc3)CC2)cc1. The number of hydrogen-bond acceptors (Lipinski definition) is 3. The van der Waals surface area contributed by atoms with Gasteiger partial charge in [0, 0.05) is 11.9 Å². The summed E-state index contributed by atoms with van der Waals surface area (Å²) in [6.45, 7) is 6.51. The van der Waals surface area contributed by atoms with E-state index in [0.29, 0.717) is 5.69 Å². The van der Waals surface area contributed by atoms with Gasteiger partial charge in [0.1, 0.15) is 0 Å². The molecule has 0 aromatic heterocycles. The molecule has 5 heteroatoms. The maximum absolute atomic E-state index is 12.8. The standard InChI is InChI=1S/C21H25NO3S/c1-20(2,3)15-5-7-16(8-6-15)21(13-14-21)19(23)22-17-9-11-18(12-10-17)26(4,24)25/h5-12H,13-14H2,1-4H3,(H,22,23). The van der Waals surface area contributed by atoms with E-state index in [1.807, 2.05) is 0 Å². The topological polar surface area (TPSA) is 63.2 Å². The van der Waals surface area contributed by atoms with Crippen molar-refractivity contribution in [3.63, 3.8) is 0 Å². The molecule has 1 aliphatic rings. The van der Waals surface area contributed by atoms with Crippen molar-refractivity contribution in [1.29, 1.82) is 0 Å². The lowest BCUT2D eigenvalue weighted by Gasteiger charge is -2.21. The number of rotatable bonds is 4. The molecule has 3 rings (SSSR count). The minimum Gasteiger partial charge on any atom is -0.325 e. The molecule has 138 valence electrons. The normalized spacial score (nSPS) is 16.2. The molecule has 0 aliphatic heterocycles. The van der Waals surface area contributed by atoms with Gasteiger partial charge in [-0.3, -0.25) is 4.79 Å². The van der Waals surface area contributed by atoms with E-state index in [4.69, 9.17) is 0 Å². The minimum absolute atomic E-state index is 0.0342. The van der Waals surface area contributed by atoms with Crippen LogP contribution in [0.3, 0.4) is 0 Å². The van der Waals surface area contributed by atoms with Gasteiger partial charge in [-0.05, 0) is 53.6 Å². The van der Waals surface area contributed by atoms with Gasteiger partial charge in [-0.25, -0.2) is 8.42 Å². The Morgan fingerprint density at radius 2 is 1.50 bits per heavy atom. The number of benzene rings is 2. The van der Waals surface area contributed by atoms with Crippen LogP contribution >= 0.6 is 0 Å². The Balaban J connectivity index is 1.77. The number of sulfone groups is 1. The van der Waals surface area contributed by atoms with E-state index >= 15 is 0 Å². The summed E-state index contributed by atoms with van der Waals surface area (Å²) in [5.41, 5.74) is 2.51. The van der Waals surface area contributed by atoms with Crippen LogP contribution in [0.2, 0.25) is 0 Å². The van der Waals surface area contributed by atoms with Crippen molar-refractivity contribution in [2.45, 2.75) is 49.3 Å². The zero-order chi connectivity index (χ0) is 19.2. The Bertz CT molecular complexity index is 917. The van der Waals surface area contributed by atoms with Crippen LogP contribution in [0.15, 0.2) is 53.4 Å². The summed E-state index contributed by atoms with van der Waals surface area (Å²) in [4.78, 5) is 13.1. The Hall–Kier alpha value is -2.14. The van der Waals surface area contributed by atoms with Crippen molar-refractivity contribution in [2.24, 2.45) is 0 Å². The summed E-state index contributed by atoms with van der Waals surface area (Å²) in [6.07, 6.45) is 2.82. The molecule has 1 fully saturated rings. The van der Waals surface area contributed by atoms with Gasteiger partial charge in [-0.15, -0.1) is 0 Å². The smallest absolute Gasteiger partial charge is 0.235 e. The van der Waals surface area contributed by atoms with Crippen LogP contribution in [0.4, 0.5) is 5.69 Å². The molecule has 1 aliphatic carbocycles. The summed E-state index contributed by atoms with van der Waals surface area (Å²) in [5.74, 6) is -0.0342. The van der Waals surface area contributed by atoms with E-state index in [1.165, 1.54) is 24.0 Å². The van der Waals surface area contributed by atoms with Crippen LogP contribution in [-0.2, 0) is 25.5 Å². The summed E-state index contributed by atoms with van der Waals surface area (Å²) < 4.78 is 23.1. The van der Waals surface area contributed by atoms with Crippen LogP contribution in [0, 0.1) is 0 Å². The second kappa shape index (κ2) is 6.23. The molecule has 1 saturated carbocycles. The van der Waals surface area contributed by atoms with Crippen molar-refractivity contribution in [3.8, 4) is 0 Å². The van der Waals surface area contributed by atoms with E-state index in [-0.39, 0.29) is 16.2 Å². The highest BCUT2D eigenvalue weighted by molar-refractivity contribution is 7.90. The molecular weight excluding hydrogens is 346 g/mol. The highest BCUT2D eigenvalue weighted by Crippen LogP contribution is 2.49. The molecule has 0 radical (unpaired) electrons. The van der Waals surface area contributed by atoms with Gasteiger partial charge >= 0.3 is 0 Å². The fourth-order valence-electron chi connectivity index (χ4n) is 3.10. The second-order valence-electron chi connectivity index (χ2n) is 8.16. The van der Waals surface area contributed by atoms with Crippen molar-refractivity contribution >= 4 is 21.4 Å². The number of carbonyl (C=O) groups excluding carboxylic acids is 1. The van der Waals surface area contributed by atoms with E-state index in [0.717, 1.165) is 18.4 Å². The minimum atomic E-state index is -3.24. The van der Waals surface area contributed by atoms with E-state index in [1.54, 1.807) is 12.1 Å². The molecule has 1 amide bonds. The van der Waals surface area contributed by atoms with Crippen molar-refractivity contribution in [2.75, 3.05) is 11.6 Å². The molecular formula is C21H25NO3S. The molecule has 0 atom stereocenters. The summed E-state index contributed by atoms with van der Waals surface area (Å²) in [5, 5.41) is 2.93. The van der Waals surface area contributed by atoms with E-state index in [2.05, 4.69) is 50.4 Å². The molecule has 0 saturated heterocycles. The van der Waals surface area contributed by atoms with Crippen LogP contribution in [0.1, 0.15) is 44.7 Å². The third-order valence-electron chi connectivity index (χ3n) is 5.03. The second-order valence-corrected chi connectivity index (χ2v) is 10.2. The van der Waals surface area contributed by atoms with Gasteiger partial charge in [-0.1, -0.05) is 45.0 Å². The lowest BCUT2D eigenvalue weighted by atomic mass is 9.85. The lowest BCUT2D eigenvalue weighted by Crippen LogP contribution is -2.28. The first kappa shape index (κ1) is 18.6. The van der Waals surface area contributed by atoms with Crippen molar-refractivity contribution in [1.82, 2.24) is 0 Å². The fourth-order valence-corrected chi connectivity index (χ4v) is 3.73. The largest absolute Gasteiger partial charge is 0.325 e. The maximum atomic E-state index is 12.8. The van der Waals surface area contributed by atoms with Gasteiger partial charge in [-0.2, -0.15) is 0 Å². The Morgan fingerprint density at radius 1 is 0.962 bits per heavy atom. The van der Waals surface area contributed by atoms with Gasteiger partial charge in [0.15, 0.2) is 9.84 Å².